The zero-order valence-electron chi connectivity index (χ0n) is 18.7. The Kier molecular flexibility index (Phi) is 7.51. The van der Waals surface area contributed by atoms with Crippen LogP contribution < -0.4 is 4.74 Å². The summed E-state index contributed by atoms with van der Waals surface area (Å²) in [4.78, 5) is 1.36. The molecular formula is C27H37FOS. The highest BCUT2D eigenvalue weighted by atomic mass is 32.1. The van der Waals surface area contributed by atoms with Crippen LogP contribution in [0.25, 0.3) is 10.1 Å². The van der Waals surface area contributed by atoms with E-state index >= 15 is 0 Å². The van der Waals surface area contributed by atoms with Crippen molar-refractivity contribution >= 4 is 21.4 Å². The summed E-state index contributed by atoms with van der Waals surface area (Å²) in [6.07, 6.45) is 18.5. The monoisotopic (exact) mass is 428 g/mol. The molecule has 0 amide bonds. The molecule has 1 aromatic carbocycles. The summed E-state index contributed by atoms with van der Waals surface area (Å²) in [5.74, 6) is 3.34. The van der Waals surface area contributed by atoms with Crippen molar-refractivity contribution in [2.75, 3.05) is 6.61 Å². The number of rotatable bonds is 7. The third-order valence-electron chi connectivity index (χ3n) is 7.33. The van der Waals surface area contributed by atoms with Gasteiger partial charge in [-0.1, -0.05) is 31.9 Å². The first-order valence-electron chi connectivity index (χ1n) is 12.2. The van der Waals surface area contributed by atoms with Gasteiger partial charge in [0.05, 0.1) is 11.3 Å². The molecule has 164 valence electrons. The second-order valence-electron chi connectivity index (χ2n) is 9.44. The SMILES string of the molecule is CCCC1CCC(/C=C/C2CCC(c3cc4ccc(OCC)c(F)c4s3)CC2)CC1. The van der Waals surface area contributed by atoms with Crippen LogP contribution >= 0.6 is 11.3 Å². The van der Waals surface area contributed by atoms with E-state index < -0.39 is 0 Å². The first kappa shape index (κ1) is 21.9. The molecule has 3 heteroatoms. The number of hydrogen-bond acceptors (Lipinski definition) is 2. The zero-order chi connectivity index (χ0) is 20.9. The van der Waals surface area contributed by atoms with Gasteiger partial charge in [-0.15, -0.1) is 11.3 Å². The van der Waals surface area contributed by atoms with Crippen molar-refractivity contribution in [2.24, 2.45) is 17.8 Å². The largest absolute Gasteiger partial charge is 0.491 e. The van der Waals surface area contributed by atoms with Crippen LogP contribution in [0.4, 0.5) is 4.39 Å². The van der Waals surface area contributed by atoms with E-state index in [0.717, 1.165) is 27.8 Å². The predicted molar refractivity (Wildman–Crippen MR) is 127 cm³/mol. The second-order valence-corrected chi connectivity index (χ2v) is 10.5. The Morgan fingerprint density at radius 1 is 0.967 bits per heavy atom. The molecule has 30 heavy (non-hydrogen) atoms. The fraction of sp³-hybridized carbons (Fsp3) is 0.630. The zero-order valence-corrected chi connectivity index (χ0v) is 19.5. The fourth-order valence-corrected chi connectivity index (χ4v) is 6.79. The van der Waals surface area contributed by atoms with Gasteiger partial charge < -0.3 is 4.74 Å². The van der Waals surface area contributed by atoms with Crippen LogP contribution in [0.15, 0.2) is 30.4 Å². The molecule has 0 saturated heterocycles. The van der Waals surface area contributed by atoms with E-state index in [0.29, 0.717) is 18.3 Å². The van der Waals surface area contributed by atoms with Gasteiger partial charge in [0.1, 0.15) is 0 Å². The molecule has 1 heterocycles. The minimum Gasteiger partial charge on any atom is -0.491 e. The smallest absolute Gasteiger partial charge is 0.182 e. The van der Waals surface area contributed by atoms with E-state index in [4.69, 9.17) is 4.74 Å². The summed E-state index contributed by atoms with van der Waals surface area (Å²) in [5.41, 5.74) is 0. The summed E-state index contributed by atoms with van der Waals surface area (Å²) < 4.78 is 20.9. The van der Waals surface area contributed by atoms with E-state index in [1.165, 1.54) is 69.1 Å². The second kappa shape index (κ2) is 10.3. The maximum absolute atomic E-state index is 14.7. The van der Waals surface area contributed by atoms with Gasteiger partial charge in [0, 0.05) is 4.88 Å². The number of ether oxygens (including phenoxy) is 1. The molecule has 1 aromatic heterocycles. The molecule has 1 nitrogen and oxygen atoms in total. The molecule has 0 radical (unpaired) electrons. The maximum Gasteiger partial charge on any atom is 0.182 e. The first-order valence-corrected chi connectivity index (χ1v) is 13.0. The Morgan fingerprint density at radius 2 is 1.63 bits per heavy atom. The van der Waals surface area contributed by atoms with Gasteiger partial charge >= 0.3 is 0 Å². The molecule has 2 aliphatic rings. The van der Waals surface area contributed by atoms with Crippen LogP contribution in [0.3, 0.4) is 0 Å². The molecule has 0 unspecified atom stereocenters. The van der Waals surface area contributed by atoms with Crippen LogP contribution in [-0.2, 0) is 0 Å². The lowest BCUT2D eigenvalue weighted by Gasteiger charge is -2.28. The molecule has 0 spiro atoms. The summed E-state index contributed by atoms with van der Waals surface area (Å²) in [5, 5.41) is 1.02. The molecule has 2 aliphatic carbocycles. The molecule has 2 fully saturated rings. The molecule has 2 aromatic rings. The van der Waals surface area contributed by atoms with Gasteiger partial charge in [0.2, 0.25) is 0 Å². The van der Waals surface area contributed by atoms with Crippen molar-refractivity contribution in [3.05, 3.63) is 41.0 Å². The van der Waals surface area contributed by atoms with Gasteiger partial charge in [-0.3, -0.25) is 0 Å². The lowest BCUT2D eigenvalue weighted by molar-refractivity contribution is 0.292. The van der Waals surface area contributed by atoms with E-state index in [1.54, 1.807) is 17.4 Å². The number of fused-ring (bicyclic) bond motifs is 1. The normalized spacial score (nSPS) is 27.7. The van der Waals surface area contributed by atoms with Crippen LogP contribution in [0.5, 0.6) is 5.75 Å². The number of thiophene rings is 1. The van der Waals surface area contributed by atoms with Crippen LogP contribution in [0.2, 0.25) is 0 Å². The minimum absolute atomic E-state index is 0.184. The first-order chi connectivity index (χ1) is 14.7. The average Bonchev–Trinajstić information content (AvgIpc) is 3.21. The third-order valence-corrected chi connectivity index (χ3v) is 8.63. The highest BCUT2D eigenvalue weighted by Gasteiger charge is 2.24. The molecule has 0 atom stereocenters. The van der Waals surface area contributed by atoms with Crippen molar-refractivity contribution < 1.29 is 9.13 Å². The van der Waals surface area contributed by atoms with Crippen LogP contribution in [-0.4, -0.2) is 6.61 Å². The van der Waals surface area contributed by atoms with Gasteiger partial charge in [-0.05, 0) is 106 Å². The number of halogens is 1. The highest BCUT2D eigenvalue weighted by Crippen LogP contribution is 2.43. The van der Waals surface area contributed by atoms with Crippen LogP contribution in [0.1, 0.15) is 88.9 Å². The Labute approximate surface area is 185 Å². The standard InChI is InChI=1S/C27H37FOS/c1-3-5-19-6-8-20(9-7-19)10-11-21-12-14-22(15-13-21)25-18-23-16-17-24(29-4-2)26(28)27(23)30-25/h10-11,16-22H,3-9,12-15H2,1-2H3/b11-10+. The van der Waals surface area contributed by atoms with Crippen molar-refractivity contribution in [3.63, 3.8) is 0 Å². The van der Waals surface area contributed by atoms with Crippen molar-refractivity contribution in [2.45, 2.75) is 84.0 Å². The Hall–Kier alpha value is -1.35. The summed E-state index contributed by atoms with van der Waals surface area (Å²) in [6.45, 7) is 4.71. The van der Waals surface area contributed by atoms with Gasteiger partial charge in [0.15, 0.2) is 11.6 Å². The quantitative estimate of drug-likeness (QED) is 0.400. The predicted octanol–water partition coefficient (Wildman–Crippen LogP) is 8.88. The van der Waals surface area contributed by atoms with Crippen molar-refractivity contribution in [1.82, 2.24) is 0 Å². The van der Waals surface area contributed by atoms with Crippen molar-refractivity contribution in [3.8, 4) is 5.75 Å². The van der Waals surface area contributed by atoms with Gasteiger partial charge in [-0.25, -0.2) is 4.39 Å². The Morgan fingerprint density at radius 3 is 2.27 bits per heavy atom. The fourth-order valence-electron chi connectivity index (χ4n) is 5.53. The van der Waals surface area contributed by atoms with Gasteiger partial charge in [-0.2, -0.15) is 0 Å². The lowest BCUT2D eigenvalue weighted by atomic mass is 9.78. The number of benzene rings is 1. The minimum atomic E-state index is -0.184. The van der Waals surface area contributed by atoms with Gasteiger partial charge in [0.25, 0.3) is 0 Å². The highest BCUT2D eigenvalue weighted by molar-refractivity contribution is 7.19. The summed E-state index contributed by atoms with van der Waals surface area (Å²) >= 11 is 1.64. The number of hydrogen-bond donors (Lipinski definition) is 0. The topological polar surface area (TPSA) is 9.23 Å². The Bertz CT molecular complexity index is 838. The summed E-state index contributed by atoms with van der Waals surface area (Å²) in [7, 11) is 0. The van der Waals surface area contributed by atoms with Crippen molar-refractivity contribution in [1.29, 1.82) is 0 Å². The average molecular weight is 429 g/mol. The molecule has 0 bridgehead atoms. The van der Waals surface area contributed by atoms with E-state index in [1.807, 2.05) is 13.0 Å². The van der Waals surface area contributed by atoms with E-state index in [2.05, 4.69) is 25.1 Å². The molecule has 2 saturated carbocycles. The van der Waals surface area contributed by atoms with E-state index in [-0.39, 0.29) is 5.82 Å². The van der Waals surface area contributed by atoms with Crippen LogP contribution in [0, 0.1) is 23.6 Å². The third kappa shape index (κ3) is 5.10. The molecule has 0 aliphatic heterocycles. The molecular weight excluding hydrogens is 391 g/mol. The van der Waals surface area contributed by atoms with E-state index in [9.17, 15) is 4.39 Å². The molecule has 4 rings (SSSR count). The molecule has 0 N–H and O–H groups in total. The number of allylic oxidation sites excluding steroid dienone is 2. The lowest BCUT2D eigenvalue weighted by Crippen LogP contribution is -2.14. The maximum atomic E-state index is 14.7. The Balaban J connectivity index is 1.31. The summed E-state index contributed by atoms with van der Waals surface area (Å²) in [6, 6.07) is 6.00.